The number of benzene rings is 8. The summed E-state index contributed by atoms with van der Waals surface area (Å²) in [5.74, 6) is -11.3. The van der Waals surface area contributed by atoms with Crippen molar-refractivity contribution >= 4 is 43.6 Å². The van der Waals surface area contributed by atoms with Gasteiger partial charge in [-0.05, 0) is 71.8 Å². The molecule has 0 aliphatic carbocycles. The Balaban J connectivity index is 1.10. The first kappa shape index (κ1) is 43.4. The molecule has 0 spiro atoms. The van der Waals surface area contributed by atoms with E-state index in [1.54, 1.807) is 85.2 Å². The number of hydrogen-bond acceptors (Lipinski definition) is 2. The predicted octanol–water partition coefficient (Wildman–Crippen LogP) is 16.7. The Bertz CT molecular complexity index is 4040. The van der Waals surface area contributed by atoms with Crippen LogP contribution in [0.25, 0.3) is 111 Å². The highest BCUT2D eigenvalue weighted by atomic mass is 19.4. The molecule has 4 heterocycles. The lowest BCUT2D eigenvalue weighted by Gasteiger charge is -2.22. The molecule has 12 rings (SSSR count). The molecule has 0 radical (unpaired) electrons. The van der Waals surface area contributed by atoms with Gasteiger partial charge in [-0.3, -0.25) is 9.97 Å². The van der Waals surface area contributed by atoms with E-state index in [1.165, 1.54) is 9.13 Å². The monoisotopic (exact) mass is 948 g/mol. The highest BCUT2D eigenvalue weighted by Crippen LogP contribution is 2.47. The van der Waals surface area contributed by atoms with Crippen LogP contribution in [0.15, 0.2) is 194 Å². The maximum atomic E-state index is 16.4. The number of fused-ring (bicyclic) bond motifs is 6. The van der Waals surface area contributed by atoms with Gasteiger partial charge in [-0.25, -0.2) is 22.0 Å². The first-order valence-electron chi connectivity index (χ1n) is 22.3. The van der Waals surface area contributed by atoms with Crippen LogP contribution in [0, 0.1) is 29.1 Å². The molecule has 12 heteroatoms. The summed E-state index contributed by atoms with van der Waals surface area (Å²) in [4.78, 5) is 9.31. The molecule has 8 aromatic carbocycles. The lowest BCUT2D eigenvalue weighted by Crippen LogP contribution is -2.14. The van der Waals surface area contributed by atoms with Gasteiger partial charge in [0.15, 0.2) is 23.3 Å². The number of nitrogens with zero attached hydrogens (tertiary/aromatic N) is 4. The van der Waals surface area contributed by atoms with E-state index < -0.39 is 63.3 Å². The van der Waals surface area contributed by atoms with Crippen molar-refractivity contribution < 1.29 is 35.1 Å². The molecule has 0 bridgehead atoms. The molecule has 0 saturated heterocycles. The zero-order valence-corrected chi connectivity index (χ0v) is 36.8. The quantitative estimate of drug-likeness (QED) is 0.0907. The molecule has 4 nitrogen and oxygen atoms in total. The van der Waals surface area contributed by atoms with E-state index >= 15 is 30.7 Å². The predicted molar refractivity (Wildman–Crippen MR) is 263 cm³/mol. The Morgan fingerprint density at radius 3 is 1.20 bits per heavy atom. The summed E-state index contributed by atoms with van der Waals surface area (Å²) < 4.78 is 129. The second kappa shape index (κ2) is 16.7. The number of rotatable bonds is 7. The number of para-hydroxylation sites is 2. The lowest BCUT2D eigenvalue weighted by atomic mass is 9.97. The SMILES string of the molecule is Fc1c(F)c(F)c(-c2cc(-n3c4ccccc4c4cc(-c5ccc(-c6ccccc6)nc5)ccc43)c(C(F)(F)F)cc2-n2c3ccccc3c3cc(-c4ccc(-c5ccccc5)nc4)ccc32)c(F)c1F. The minimum absolute atomic E-state index is 0.279. The van der Waals surface area contributed by atoms with Crippen LogP contribution >= 0.6 is 0 Å². The van der Waals surface area contributed by atoms with Gasteiger partial charge in [-0.2, -0.15) is 13.2 Å². The summed E-state index contributed by atoms with van der Waals surface area (Å²) in [7, 11) is 0. The molecular weight excluding hydrogens is 917 g/mol. The molecule has 0 unspecified atom stereocenters. The van der Waals surface area contributed by atoms with E-state index in [0.29, 0.717) is 43.7 Å². The van der Waals surface area contributed by atoms with Gasteiger partial charge in [0, 0.05) is 61.8 Å². The van der Waals surface area contributed by atoms with Crippen molar-refractivity contribution in [2.75, 3.05) is 0 Å². The standard InChI is InChI=1S/C59H32F8N4/c60-54-53(55(61)57(63)58(64)56(54)62)43-29-52(71-48-18-10-8-16-40(48)42-28-36(22-26-50(42)71)38-20-24-46(69-32-38)34-13-5-2-6-14-34)44(59(65,66)67)30-51(43)70-47-17-9-7-15-39(47)41-27-35(21-25-49(41)70)37-19-23-45(68-31-37)33-11-3-1-4-12-33/h1-32H. The van der Waals surface area contributed by atoms with Crippen molar-refractivity contribution in [2.24, 2.45) is 0 Å². The van der Waals surface area contributed by atoms with Gasteiger partial charge >= 0.3 is 6.18 Å². The Morgan fingerprint density at radius 1 is 0.338 bits per heavy atom. The highest BCUT2D eigenvalue weighted by molar-refractivity contribution is 6.12. The Kier molecular flexibility index (Phi) is 10.2. The largest absolute Gasteiger partial charge is 0.418 e. The smallest absolute Gasteiger partial charge is 0.309 e. The second-order valence-electron chi connectivity index (χ2n) is 17.1. The van der Waals surface area contributed by atoms with Crippen LogP contribution in [-0.4, -0.2) is 19.1 Å². The molecule has 4 aromatic heterocycles. The van der Waals surface area contributed by atoms with E-state index in [4.69, 9.17) is 0 Å². The van der Waals surface area contributed by atoms with E-state index in [2.05, 4.69) is 9.97 Å². The van der Waals surface area contributed by atoms with E-state index in [9.17, 15) is 4.39 Å². The minimum atomic E-state index is -5.13. The highest BCUT2D eigenvalue weighted by Gasteiger charge is 2.38. The maximum absolute atomic E-state index is 16.4. The van der Waals surface area contributed by atoms with Gasteiger partial charge in [0.25, 0.3) is 0 Å². The normalized spacial score (nSPS) is 11.9. The van der Waals surface area contributed by atoms with E-state index in [1.807, 2.05) is 97.1 Å². The molecule has 12 aromatic rings. The number of pyridine rings is 2. The maximum Gasteiger partial charge on any atom is 0.418 e. The van der Waals surface area contributed by atoms with Crippen LogP contribution in [0.4, 0.5) is 35.1 Å². The fourth-order valence-corrected chi connectivity index (χ4v) is 9.73. The van der Waals surface area contributed by atoms with Crippen molar-refractivity contribution in [3.63, 3.8) is 0 Å². The van der Waals surface area contributed by atoms with Gasteiger partial charge in [0.1, 0.15) is 0 Å². The Labute approximate surface area is 399 Å². The van der Waals surface area contributed by atoms with Gasteiger partial charge in [-0.1, -0.05) is 121 Å². The molecule has 71 heavy (non-hydrogen) atoms. The summed E-state index contributed by atoms with van der Waals surface area (Å²) in [6.45, 7) is 0. The minimum Gasteiger partial charge on any atom is -0.309 e. The van der Waals surface area contributed by atoms with Gasteiger partial charge in [0.05, 0.1) is 56.0 Å². The number of aromatic nitrogens is 4. The van der Waals surface area contributed by atoms with Gasteiger partial charge in [-0.15, -0.1) is 0 Å². The van der Waals surface area contributed by atoms with E-state index in [0.717, 1.165) is 45.8 Å². The summed E-state index contributed by atoms with van der Waals surface area (Å²) >= 11 is 0. The topological polar surface area (TPSA) is 35.6 Å². The fourth-order valence-electron chi connectivity index (χ4n) is 9.73. The van der Waals surface area contributed by atoms with Crippen LogP contribution in [0.1, 0.15) is 5.56 Å². The fraction of sp³-hybridized carbons (Fsp3) is 0.0169. The van der Waals surface area contributed by atoms with Crippen molar-refractivity contribution in [3.05, 3.63) is 229 Å². The molecular formula is C59H32F8N4. The number of hydrogen-bond donors (Lipinski definition) is 0. The molecule has 344 valence electrons. The summed E-state index contributed by atoms with van der Waals surface area (Å²) in [5.41, 5.74) is 2.95. The molecule has 0 amide bonds. The van der Waals surface area contributed by atoms with Crippen LogP contribution in [0.3, 0.4) is 0 Å². The van der Waals surface area contributed by atoms with Crippen LogP contribution < -0.4 is 0 Å². The molecule has 0 saturated carbocycles. The Hall–Kier alpha value is -8.90. The Morgan fingerprint density at radius 2 is 0.746 bits per heavy atom. The van der Waals surface area contributed by atoms with Crippen molar-refractivity contribution in [2.45, 2.75) is 6.18 Å². The zero-order chi connectivity index (χ0) is 48.7. The third-order valence-electron chi connectivity index (χ3n) is 13.1. The van der Waals surface area contributed by atoms with E-state index in [-0.39, 0.29) is 11.0 Å². The van der Waals surface area contributed by atoms with Gasteiger partial charge in [0.2, 0.25) is 5.82 Å². The summed E-state index contributed by atoms with van der Waals surface area (Å²) in [5, 5.41) is 2.15. The number of halogens is 8. The average Bonchev–Trinajstić information content (AvgIpc) is 3.92. The molecule has 0 aliphatic rings. The summed E-state index contributed by atoms with van der Waals surface area (Å²) in [6.07, 6.45) is -1.72. The number of alkyl halides is 3. The third-order valence-corrected chi connectivity index (χ3v) is 13.1. The lowest BCUT2D eigenvalue weighted by molar-refractivity contribution is -0.137. The third kappa shape index (κ3) is 7.12. The van der Waals surface area contributed by atoms with Crippen molar-refractivity contribution in [1.29, 1.82) is 0 Å². The average molecular weight is 949 g/mol. The van der Waals surface area contributed by atoms with Crippen molar-refractivity contribution in [3.8, 4) is 67.3 Å². The van der Waals surface area contributed by atoms with Gasteiger partial charge < -0.3 is 9.13 Å². The first-order chi connectivity index (χ1) is 34.4. The molecule has 0 aliphatic heterocycles. The van der Waals surface area contributed by atoms with Crippen LogP contribution in [0.2, 0.25) is 0 Å². The summed E-state index contributed by atoms with van der Waals surface area (Å²) in [6, 6.07) is 52.1. The van der Waals surface area contributed by atoms with Crippen molar-refractivity contribution in [1.82, 2.24) is 19.1 Å². The zero-order valence-electron chi connectivity index (χ0n) is 36.8. The van der Waals surface area contributed by atoms with Crippen LogP contribution in [0.5, 0.6) is 0 Å². The molecule has 0 atom stereocenters. The van der Waals surface area contributed by atoms with Crippen LogP contribution in [-0.2, 0) is 6.18 Å². The first-order valence-corrected chi connectivity index (χ1v) is 22.3. The molecule has 0 N–H and O–H groups in total. The molecule has 0 fully saturated rings. The second-order valence-corrected chi connectivity index (χ2v) is 17.1.